The number of rotatable bonds is 6. The van der Waals surface area contributed by atoms with Gasteiger partial charge in [-0.15, -0.1) is 0 Å². The lowest BCUT2D eigenvalue weighted by Gasteiger charge is -2.10. The van der Waals surface area contributed by atoms with Crippen molar-refractivity contribution >= 4 is 0 Å². The van der Waals surface area contributed by atoms with E-state index >= 15 is 0 Å². The SMILES string of the molecule is CC(CCN)CCc1cccc(-c2ccccn2)c1. The van der Waals surface area contributed by atoms with Crippen LogP contribution in [-0.2, 0) is 6.42 Å². The number of hydrogen-bond acceptors (Lipinski definition) is 2. The lowest BCUT2D eigenvalue weighted by atomic mass is 9.97. The highest BCUT2D eigenvalue weighted by Crippen LogP contribution is 2.19. The van der Waals surface area contributed by atoms with Gasteiger partial charge in [0.15, 0.2) is 0 Å². The molecule has 0 amide bonds. The molecular formula is C17H22N2. The van der Waals surface area contributed by atoms with Gasteiger partial charge >= 0.3 is 0 Å². The molecule has 2 N–H and O–H groups in total. The molecule has 0 aliphatic rings. The molecule has 2 heteroatoms. The van der Waals surface area contributed by atoms with Gasteiger partial charge in [-0.1, -0.05) is 31.2 Å². The zero-order chi connectivity index (χ0) is 13.5. The molecule has 0 aliphatic heterocycles. The molecule has 0 bridgehead atoms. The Kier molecular flexibility index (Phi) is 5.10. The second-order valence-electron chi connectivity index (χ2n) is 5.14. The van der Waals surface area contributed by atoms with E-state index in [9.17, 15) is 0 Å². The summed E-state index contributed by atoms with van der Waals surface area (Å²) in [5.41, 5.74) is 9.21. The number of nitrogens with zero attached hydrogens (tertiary/aromatic N) is 1. The zero-order valence-electron chi connectivity index (χ0n) is 11.5. The molecule has 2 nitrogen and oxygen atoms in total. The highest BCUT2D eigenvalue weighted by atomic mass is 14.7. The fourth-order valence-electron chi connectivity index (χ4n) is 2.26. The first kappa shape index (κ1) is 13.8. The van der Waals surface area contributed by atoms with Crippen LogP contribution in [0.4, 0.5) is 0 Å². The molecule has 1 unspecified atom stereocenters. The smallest absolute Gasteiger partial charge is 0.0702 e. The number of hydrogen-bond donors (Lipinski definition) is 1. The van der Waals surface area contributed by atoms with Crippen molar-refractivity contribution in [3.63, 3.8) is 0 Å². The normalized spacial score (nSPS) is 12.3. The first-order valence-corrected chi connectivity index (χ1v) is 7.00. The van der Waals surface area contributed by atoms with Crippen molar-refractivity contribution in [3.8, 4) is 11.3 Å². The first-order valence-electron chi connectivity index (χ1n) is 7.00. The van der Waals surface area contributed by atoms with Crippen molar-refractivity contribution in [2.45, 2.75) is 26.2 Å². The van der Waals surface area contributed by atoms with E-state index in [0.717, 1.165) is 25.1 Å². The van der Waals surface area contributed by atoms with Gasteiger partial charge in [-0.25, -0.2) is 0 Å². The van der Waals surface area contributed by atoms with E-state index in [-0.39, 0.29) is 0 Å². The van der Waals surface area contributed by atoms with Gasteiger partial charge in [-0.05, 0) is 55.5 Å². The van der Waals surface area contributed by atoms with Crippen molar-refractivity contribution in [2.75, 3.05) is 6.54 Å². The largest absolute Gasteiger partial charge is 0.330 e. The molecule has 19 heavy (non-hydrogen) atoms. The maximum atomic E-state index is 5.59. The Morgan fingerprint density at radius 3 is 2.74 bits per heavy atom. The van der Waals surface area contributed by atoms with Crippen molar-refractivity contribution in [2.24, 2.45) is 11.7 Å². The van der Waals surface area contributed by atoms with Gasteiger partial charge in [-0.2, -0.15) is 0 Å². The van der Waals surface area contributed by atoms with Crippen LogP contribution in [0.25, 0.3) is 11.3 Å². The average Bonchev–Trinajstić information content (AvgIpc) is 2.47. The van der Waals surface area contributed by atoms with E-state index < -0.39 is 0 Å². The molecule has 2 aromatic rings. The van der Waals surface area contributed by atoms with Gasteiger partial charge in [0.25, 0.3) is 0 Å². The summed E-state index contributed by atoms with van der Waals surface area (Å²) >= 11 is 0. The molecule has 1 aromatic heterocycles. The molecule has 0 saturated heterocycles. The highest BCUT2D eigenvalue weighted by molar-refractivity contribution is 5.59. The number of benzene rings is 1. The van der Waals surface area contributed by atoms with Crippen LogP contribution in [0, 0.1) is 5.92 Å². The molecule has 1 atom stereocenters. The Hall–Kier alpha value is -1.67. The Morgan fingerprint density at radius 1 is 1.11 bits per heavy atom. The minimum Gasteiger partial charge on any atom is -0.330 e. The first-order chi connectivity index (χ1) is 9.29. The predicted molar refractivity (Wildman–Crippen MR) is 80.8 cm³/mol. The Balaban J connectivity index is 2.04. The molecule has 2 rings (SSSR count). The van der Waals surface area contributed by atoms with Crippen LogP contribution in [0.1, 0.15) is 25.3 Å². The van der Waals surface area contributed by atoms with E-state index in [1.165, 1.54) is 17.5 Å². The summed E-state index contributed by atoms with van der Waals surface area (Å²) in [6.07, 6.45) is 5.26. The molecule has 100 valence electrons. The Bertz CT molecular complexity index is 494. The van der Waals surface area contributed by atoms with Crippen molar-refractivity contribution < 1.29 is 0 Å². The quantitative estimate of drug-likeness (QED) is 0.854. The standard InChI is InChI=1S/C17H22N2/c1-14(10-11-18)8-9-15-5-4-6-16(13-15)17-7-2-3-12-19-17/h2-7,12-14H,8-11,18H2,1H3. The van der Waals surface area contributed by atoms with Crippen LogP contribution < -0.4 is 5.73 Å². The summed E-state index contributed by atoms with van der Waals surface area (Å²) in [6, 6.07) is 14.7. The molecule has 1 heterocycles. The third-order valence-electron chi connectivity index (χ3n) is 3.47. The Morgan fingerprint density at radius 2 is 2.00 bits per heavy atom. The molecule has 0 saturated carbocycles. The van der Waals surface area contributed by atoms with Crippen molar-refractivity contribution in [3.05, 3.63) is 54.2 Å². The number of aromatic nitrogens is 1. The predicted octanol–water partition coefficient (Wildman–Crippen LogP) is 3.67. The molecule has 1 aromatic carbocycles. The van der Waals surface area contributed by atoms with Gasteiger partial charge < -0.3 is 5.73 Å². The number of pyridine rings is 1. The summed E-state index contributed by atoms with van der Waals surface area (Å²) in [5, 5.41) is 0. The summed E-state index contributed by atoms with van der Waals surface area (Å²) in [5.74, 6) is 0.698. The van der Waals surface area contributed by atoms with Gasteiger partial charge in [0, 0.05) is 11.8 Å². The minimum absolute atomic E-state index is 0.698. The zero-order valence-corrected chi connectivity index (χ0v) is 11.5. The van der Waals surface area contributed by atoms with Gasteiger partial charge in [0.1, 0.15) is 0 Å². The number of nitrogens with two attached hydrogens (primary N) is 1. The fourth-order valence-corrected chi connectivity index (χ4v) is 2.26. The van der Waals surface area contributed by atoms with E-state index in [1.54, 1.807) is 0 Å². The van der Waals surface area contributed by atoms with Crippen molar-refractivity contribution in [1.29, 1.82) is 0 Å². The minimum atomic E-state index is 0.698. The third kappa shape index (κ3) is 4.18. The fraction of sp³-hybridized carbons (Fsp3) is 0.353. The van der Waals surface area contributed by atoms with Crippen LogP contribution in [0.3, 0.4) is 0 Å². The van der Waals surface area contributed by atoms with Gasteiger partial charge in [0.05, 0.1) is 5.69 Å². The lowest BCUT2D eigenvalue weighted by molar-refractivity contribution is 0.500. The van der Waals surface area contributed by atoms with Crippen LogP contribution in [0.15, 0.2) is 48.7 Å². The third-order valence-corrected chi connectivity index (χ3v) is 3.47. The monoisotopic (exact) mass is 254 g/mol. The summed E-state index contributed by atoms with van der Waals surface area (Å²) in [4.78, 5) is 4.40. The van der Waals surface area contributed by atoms with Crippen LogP contribution in [-0.4, -0.2) is 11.5 Å². The highest BCUT2D eigenvalue weighted by Gasteiger charge is 2.03. The van der Waals surface area contributed by atoms with Crippen molar-refractivity contribution in [1.82, 2.24) is 4.98 Å². The summed E-state index contributed by atoms with van der Waals surface area (Å²) in [7, 11) is 0. The maximum Gasteiger partial charge on any atom is 0.0702 e. The van der Waals surface area contributed by atoms with Gasteiger partial charge in [0.2, 0.25) is 0 Å². The average molecular weight is 254 g/mol. The van der Waals surface area contributed by atoms with E-state index in [0.29, 0.717) is 5.92 Å². The van der Waals surface area contributed by atoms with E-state index in [4.69, 9.17) is 5.73 Å². The topological polar surface area (TPSA) is 38.9 Å². The van der Waals surface area contributed by atoms with Crippen LogP contribution in [0.2, 0.25) is 0 Å². The van der Waals surface area contributed by atoms with Gasteiger partial charge in [-0.3, -0.25) is 4.98 Å². The molecule has 0 radical (unpaired) electrons. The summed E-state index contributed by atoms with van der Waals surface area (Å²) < 4.78 is 0. The Labute approximate surface area is 115 Å². The molecule has 0 aliphatic carbocycles. The van der Waals surface area contributed by atoms with E-state index in [1.807, 2.05) is 18.3 Å². The van der Waals surface area contributed by atoms with Crippen LogP contribution >= 0.6 is 0 Å². The molecular weight excluding hydrogens is 232 g/mol. The molecule has 0 spiro atoms. The second kappa shape index (κ2) is 7.05. The number of aryl methyl sites for hydroxylation is 1. The second-order valence-corrected chi connectivity index (χ2v) is 5.14. The van der Waals surface area contributed by atoms with E-state index in [2.05, 4.69) is 42.2 Å². The summed E-state index contributed by atoms with van der Waals surface area (Å²) in [6.45, 7) is 3.06. The maximum absolute atomic E-state index is 5.59. The molecule has 0 fully saturated rings. The lowest BCUT2D eigenvalue weighted by Crippen LogP contribution is -2.06. The van der Waals surface area contributed by atoms with Crippen LogP contribution in [0.5, 0.6) is 0 Å².